The van der Waals surface area contributed by atoms with Crippen molar-refractivity contribution in [1.82, 2.24) is 9.97 Å². The van der Waals surface area contributed by atoms with Gasteiger partial charge in [-0.1, -0.05) is 29.3 Å². The third-order valence-electron chi connectivity index (χ3n) is 2.79. The van der Waals surface area contributed by atoms with Gasteiger partial charge in [0, 0.05) is 36.9 Å². The SMILES string of the molecule is COC(OC)c1ccnc(Cc2c(Cl)cccc2Cl)n1. The van der Waals surface area contributed by atoms with Crippen LogP contribution in [-0.4, -0.2) is 24.2 Å². The highest BCUT2D eigenvalue weighted by molar-refractivity contribution is 6.36. The van der Waals surface area contributed by atoms with Crippen molar-refractivity contribution in [3.8, 4) is 0 Å². The molecule has 1 aromatic carbocycles. The summed E-state index contributed by atoms with van der Waals surface area (Å²) in [6, 6.07) is 7.13. The molecule has 1 aromatic heterocycles. The topological polar surface area (TPSA) is 44.2 Å². The van der Waals surface area contributed by atoms with Crippen LogP contribution in [-0.2, 0) is 15.9 Å². The minimum absolute atomic E-state index is 0.451. The van der Waals surface area contributed by atoms with Crippen LogP contribution in [0.1, 0.15) is 23.4 Å². The van der Waals surface area contributed by atoms with Crippen molar-refractivity contribution in [1.29, 1.82) is 0 Å². The Morgan fingerprint density at radius 3 is 2.35 bits per heavy atom. The van der Waals surface area contributed by atoms with Gasteiger partial charge in [0.15, 0.2) is 0 Å². The lowest BCUT2D eigenvalue weighted by Crippen LogP contribution is -2.09. The van der Waals surface area contributed by atoms with Crippen LogP contribution in [0.25, 0.3) is 0 Å². The average Bonchev–Trinajstić information content (AvgIpc) is 2.45. The van der Waals surface area contributed by atoms with Crippen LogP contribution < -0.4 is 0 Å². The van der Waals surface area contributed by atoms with Crippen LogP contribution in [0.2, 0.25) is 10.0 Å². The second-order valence-electron chi connectivity index (χ2n) is 4.08. The Hall–Kier alpha value is -1.20. The summed E-state index contributed by atoms with van der Waals surface area (Å²) in [7, 11) is 3.11. The molecule has 0 spiro atoms. The summed E-state index contributed by atoms with van der Waals surface area (Å²) in [6.45, 7) is 0. The Balaban J connectivity index is 2.28. The van der Waals surface area contributed by atoms with E-state index >= 15 is 0 Å². The largest absolute Gasteiger partial charge is 0.350 e. The van der Waals surface area contributed by atoms with Crippen LogP contribution in [0.15, 0.2) is 30.5 Å². The van der Waals surface area contributed by atoms with Gasteiger partial charge in [-0.2, -0.15) is 0 Å². The first-order valence-corrected chi connectivity index (χ1v) is 6.71. The van der Waals surface area contributed by atoms with Gasteiger partial charge in [0.05, 0.1) is 5.69 Å². The van der Waals surface area contributed by atoms with Crippen molar-refractivity contribution in [3.63, 3.8) is 0 Å². The molecule has 0 amide bonds. The maximum Gasteiger partial charge on any atom is 0.200 e. The van der Waals surface area contributed by atoms with Gasteiger partial charge in [0.1, 0.15) is 5.82 Å². The number of benzene rings is 1. The molecule has 2 aromatic rings. The van der Waals surface area contributed by atoms with E-state index in [0.29, 0.717) is 28.0 Å². The highest BCUT2D eigenvalue weighted by atomic mass is 35.5. The van der Waals surface area contributed by atoms with Gasteiger partial charge in [-0.05, 0) is 23.8 Å². The molecule has 0 N–H and O–H groups in total. The van der Waals surface area contributed by atoms with Crippen LogP contribution in [0.4, 0.5) is 0 Å². The zero-order valence-corrected chi connectivity index (χ0v) is 12.6. The van der Waals surface area contributed by atoms with E-state index in [9.17, 15) is 0 Å². The maximum atomic E-state index is 6.15. The normalized spacial score (nSPS) is 11.1. The number of halogens is 2. The summed E-state index contributed by atoms with van der Waals surface area (Å²) in [6.07, 6.45) is 1.60. The quantitative estimate of drug-likeness (QED) is 0.790. The van der Waals surface area contributed by atoms with E-state index in [1.807, 2.05) is 0 Å². The molecule has 106 valence electrons. The molecular weight excluding hydrogens is 299 g/mol. The van der Waals surface area contributed by atoms with Gasteiger partial charge in [-0.3, -0.25) is 0 Å². The van der Waals surface area contributed by atoms with E-state index in [-0.39, 0.29) is 0 Å². The first-order chi connectivity index (χ1) is 9.65. The Kier molecular flexibility index (Phi) is 5.31. The lowest BCUT2D eigenvalue weighted by Gasteiger charge is -2.13. The first-order valence-electron chi connectivity index (χ1n) is 5.96. The van der Waals surface area contributed by atoms with Gasteiger partial charge in [0.2, 0.25) is 6.29 Å². The molecule has 20 heavy (non-hydrogen) atoms. The predicted octanol–water partition coefficient (Wildman–Crippen LogP) is 3.67. The number of hydrogen-bond acceptors (Lipinski definition) is 4. The van der Waals surface area contributed by atoms with Crippen molar-refractivity contribution in [2.45, 2.75) is 12.7 Å². The van der Waals surface area contributed by atoms with E-state index in [1.54, 1.807) is 44.7 Å². The van der Waals surface area contributed by atoms with E-state index in [2.05, 4.69) is 9.97 Å². The van der Waals surface area contributed by atoms with Gasteiger partial charge in [0.25, 0.3) is 0 Å². The lowest BCUT2D eigenvalue weighted by molar-refractivity contribution is -0.108. The molecule has 0 fully saturated rings. The summed E-state index contributed by atoms with van der Waals surface area (Å²) in [5.74, 6) is 0.608. The average molecular weight is 313 g/mol. The summed E-state index contributed by atoms with van der Waals surface area (Å²) >= 11 is 12.3. The molecular formula is C14H14Cl2N2O2. The van der Waals surface area contributed by atoms with Crippen molar-refractivity contribution in [2.75, 3.05) is 14.2 Å². The number of methoxy groups -OCH3 is 2. The molecule has 6 heteroatoms. The number of hydrogen-bond donors (Lipinski definition) is 0. The van der Waals surface area contributed by atoms with Gasteiger partial charge in [-0.25, -0.2) is 9.97 Å². The molecule has 4 nitrogen and oxygen atoms in total. The highest BCUT2D eigenvalue weighted by Gasteiger charge is 2.13. The first kappa shape index (κ1) is 15.2. The van der Waals surface area contributed by atoms with Crippen LogP contribution in [0.5, 0.6) is 0 Å². The molecule has 0 aliphatic carbocycles. The predicted molar refractivity (Wildman–Crippen MR) is 78.1 cm³/mol. The van der Waals surface area contributed by atoms with Crippen LogP contribution in [0, 0.1) is 0 Å². The summed E-state index contributed by atoms with van der Waals surface area (Å²) in [5.41, 5.74) is 1.46. The number of rotatable bonds is 5. The monoisotopic (exact) mass is 312 g/mol. The fourth-order valence-electron chi connectivity index (χ4n) is 1.83. The summed E-state index contributed by atoms with van der Waals surface area (Å²) < 4.78 is 10.3. The van der Waals surface area contributed by atoms with E-state index in [4.69, 9.17) is 32.7 Å². The molecule has 0 bridgehead atoms. The zero-order chi connectivity index (χ0) is 14.5. The van der Waals surface area contributed by atoms with Gasteiger partial charge < -0.3 is 9.47 Å². The van der Waals surface area contributed by atoms with E-state index in [1.165, 1.54) is 0 Å². The Labute approximate surface area is 127 Å². The Morgan fingerprint density at radius 2 is 1.75 bits per heavy atom. The molecule has 0 radical (unpaired) electrons. The van der Waals surface area contributed by atoms with Crippen molar-refractivity contribution < 1.29 is 9.47 Å². The smallest absolute Gasteiger partial charge is 0.200 e. The van der Waals surface area contributed by atoms with Gasteiger partial charge in [-0.15, -0.1) is 0 Å². The summed E-state index contributed by atoms with van der Waals surface area (Å²) in [4.78, 5) is 8.64. The van der Waals surface area contributed by atoms with Crippen molar-refractivity contribution >= 4 is 23.2 Å². The molecule has 1 heterocycles. The number of ether oxygens (including phenoxy) is 2. The Bertz CT molecular complexity index is 569. The minimum Gasteiger partial charge on any atom is -0.350 e. The number of aromatic nitrogens is 2. The Morgan fingerprint density at radius 1 is 1.10 bits per heavy atom. The summed E-state index contributed by atoms with van der Waals surface area (Å²) in [5, 5.41) is 1.20. The maximum absolute atomic E-state index is 6.15. The molecule has 0 atom stereocenters. The second kappa shape index (κ2) is 6.99. The second-order valence-corrected chi connectivity index (χ2v) is 4.89. The molecule has 0 saturated heterocycles. The van der Waals surface area contributed by atoms with E-state index in [0.717, 1.165) is 5.56 Å². The third kappa shape index (κ3) is 3.46. The van der Waals surface area contributed by atoms with Crippen molar-refractivity contribution in [3.05, 3.63) is 57.6 Å². The fourth-order valence-corrected chi connectivity index (χ4v) is 2.36. The highest BCUT2D eigenvalue weighted by Crippen LogP contribution is 2.26. The lowest BCUT2D eigenvalue weighted by atomic mass is 10.1. The van der Waals surface area contributed by atoms with Gasteiger partial charge >= 0.3 is 0 Å². The van der Waals surface area contributed by atoms with Crippen LogP contribution in [0.3, 0.4) is 0 Å². The van der Waals surface area contributed by atoms with Crippen LogP contribution >= 0.6 is 23.2 Å². The molecule has 0 aliphatic heterocycles. The molecule has 2 rings (SSSR count). The minimum atomic E-state index is -0.515. The van der Waals surface area contributed by atoms with E-state index < -0.39 is 6.29 Å². The van der Waals surface area contributed by atoms with Crippen molar-refractivity contribution in [2.24, 2.45) is 0 Å². The molecule has 0 aliphatic rings. The zero-order valence-electron chi connectivity index (χ0n) is 11.1. The standard InChI is InChI=1S/C14H14Cl2N2O2/c1-19-14(20-2)12-6-7-17-13(18-12)8-9-10(15)4-3-5-11(9)16/h3-7,14H,8H2,1-2H3. The molecule has 0 unspecified atom stereocenters. The molecule has 0 saturated carbocycles. The fraction of sp³-hybridized carbons (Fsp3) is 0.286. The third-order valence-corrected chi connectivity index (χ3v) is 3.50. The number of nitrogens with zero attached hydrogens (tertiary/aromatic N) is 2.